The zero-order valence-corrected chi connectivity index (χ0v) is 29.3. The van der Waals surface area contributed by atoms with E-state index in [0.29, 0.717) is 13.1 Å². The first-order chi connectivity index (χ1) is 22.5. The Morgan fingerprint density at radius 3 is 1.83 bits per heavy atom. The van der Waals surface area contributed by atoms with Crippen molar-refractivity contribution in [1.29, 1.82) is 0 Å². The third-order valence-corrected chi connectivity index (χ3v) is 9.26. The molecule has 0 saturated carbocycles. The lowest BCUT2D eigenvalue weighted by atomic mass is 9.90. The molecule has 0 aliphatic carbocycles. The van der Waals surface area contributed by atoms with Crippen molar-refractivity contribution in [2.75, 3.05) is 26.2 Å². The van der Waals surface area contributed by atoms with Crippen molar-refractivity contribution in [1.82, 2.24) is 15.5 Å². The van der Waals surface area contributed by atoms with Crippen molar-refractivity contribution < 1.29 is 19.4 Å². The Labute approximate surface area is 279 Å². The second-order valence-corrected chi connectivity index (χ2v) is 13.1. The van der Waals surface area contributed by atoms with Crippen LogP contribution in [0.4, 0.5) is 4.79 Å². The number of ether oxygens (including phenoxy) is 2. The van der Waals surface area contributed by atoms with E-state index in [1.54, 1.807) is 0 Å². The Morgan fingerprint density at radius 2 is 1.26 bits per heavy atom. The molecule has 7 nitrogen and oxygen atoms in total. The lowest BCUT2D eigenvalue weighted by Gasteiger charge is -2.43. The topological polar surface area (TPSA) is 83.1 Å². The summed E-state index contributed by atoms with van der Waals surface area (Å²) in [6.07, 6.45) is 15.0. The molecule has 3 rings (SSSR count). The highest BCUT2D eigenvalue weighted by atomic mass is 16.7. The number of nitrogens with one attached hydrogen (secondary N) is 2. The fraction of sp³-hybridized carbons (Fsp3) is 0.667. The van der Waals surface area contributed by atoms with Crippen LogP contribution >= 0.6 is 0 Å². The fourth-order valence-electron chi connectivity index (χ4n) is 6.31. The number of carbonyl (C=O) groups excluding carboxylic acids is 1. The third kappa shape index (κ3) is 13.3. The molecular weight excluding hydrogens is 574 g/mol. The molecule has 4 atom stereocenters. The van der Waals surface area contributed by atoms with E-state index in [4.69, 9.17) is 9.47 Å². The molecule has 1 aliphatic heterocycles. The number of carbonyl (C=O) groups is 1. The van der Waals surface area contributed by atoms with Crippen molar-refractivity contribution in [3.05, 3.63) is 70.8 Å². The van der Waals surface area contributed by atoms with Gasteiger partial charge in [-0.25, -0.2) is 4.79 Å². The monoisotopic (exact) mass is 637 g/mol. The molecule has 2 aromatic carbocycles. The summed E-state index contributed by atoms with van der Waals surface area (Å²) >= 11 is 0. The lowest BCUT2D eigenvalue weighted by molar-refractivity contribution is -0.276. The van der Waals surface area contributed by atoms with Gasteiger partial charge in [0.25, 0.3) is 0 Å². The number of rotatable bonds is 22. The molecule has 1 saturated heterocycles. The second kappa shape index (κ2) is 22.2. The van der Waals surface area contributed by atoms with Gasteiger partial charge in [-0.3, -0.25) is 0 Å². The van der Waals surface area contributed by atoms with E-state index >= 15 is 0 Å². The summed E-state index contributed by atoms with van der Waals surface area (Å²) in [5, 5.41) is 15.3. The number of aliphatic hydroxyl groups excluding tert-OH is 1. The number of amides is 2. The number of hydrogen-bond acceptors (Lipinski definition) is 5. The molecule has 2 amide bonds. The van der Waals surface area contributed by atoms with Gasteiger partial charge in [0.15, 0.2) is 6.29 Å². The van der Waals surface area contributed by atoms with Crippen LogP contribution in [0.3, 0.4) is 0 Å². The Hall–Kier alpha value is -2.45. The number of benzene rings is 2. The van der Waals surface area contributed by atoms with E-state index in [0.717, 1.165) is 41.9 Å². The summed E-state index contributed by atoms with van der Waals surface area (Å²) in [5.41, 5.74) is 4.02. The number of unbranched alkanes of at least 4 members (excludes halogenated alkanes) is 10. The summed E-state index contributed by atoms with van der Waals surface area (Å²) < 4.78 is 13.5. The van der Waals surface area contributed by atoms with Crippen LogP contribution in [0.15, 0.2) is 48.5 Å². The van der Waals surface area contributed by atoms with Gasteiger partial charge in [0.2, 0.25) is 0 Å². The van der Waals surface area contributed by atoms with Crippen LogP contribution in [0.25, 0.3) is 0 Å². The van der Waals surface area contributed by atoms with E-state index in [-0.39, 0.29) is 30.8 Å². The van der Waals surface area contributed by atoms with Crippen LogP contribution in [-0.2, 0) is 22.6 Å². The fourth-order valence-corrected chi connectivity index (χ4v) is 6.31. The lowest BCUT2D eigenvalue weighted by Crippen LogP contribution is -2.45. The minimum atomic E-state index is -0.487. The number of aliphatic hydroxyl groups is 1. The standard InChI is InChI=1S/C39H63N3O4/c1-5-8-10-12-14-16-26-42(27-17-15-13-11-9-6-2)29-36-31(4)37(34-22-20-33(30-43)21-23-34)46-38(45-36)35-24-18-32(19-25-35)28-41-39(44)40-7-3/h18-25,31,36-38,43H,5-17,26-30H2,1-4H3,(H2,40,41,44)/t31-,36+,37+,38+/m0/s1. The quantitative estimate of drug-likeness (QED) is 0.112. The van der Waals surface area contributed by atoms with Crippen molar-refractivity contribution >= 4 is 6.03 Å². The Morgan fingerprint density at radius 1 is 0.717 bits per heavy atom. The van der Waals surface area contributed by atoms with Crippen LogP contribution < -0.4 is 10.6 Å². The average Bonchev–Trinajstić information content (AvgIpc) is 3.08. The summed E-state index contributed by atoms with van der Waals surface area (Å²) in [7, 11) is 0. The van der Waals surface area contributed by atoms with Crippen LogP contribution in [0, 0.1) is 5.92 Å². The van der Waals surface area contributed by atoms with Gasteiger partial charge in [0.05, 0.1) is 18.8 Å². The molecule has 1 heterocycles. The van der Waals surface area contributed by atoms with Gasteiger partial charge in [-0.2, -0.15) is 0 Å². The van der Waals surface area contributed by atoms with Gasteiger partial charge in [0.1, 0.15) is 0 Å². The highest BCUT2D eigenvalue weighted by Gasteiger charge is 2.39. The molecule has 258 valence electrons. The minimum absolute atomic E-state index is 0.0144. The van der Waals surface area contributed by atoms with Gasteiger partial charge >= 0.3 is 6.03 Å². The average molecular weight is 638 g/mol. The van der Waals surface area contributed by atoms with Gasteiger partial charge in [-0.1, -0.05) is 134 Å². The Kier molecular flexibility index (Phi) is 18.3. The van der Waals surface area contributed by atoms with E-state index in [1.165, 1.54) is 77.0 Å². The predicted octanol–water partition coefficient (Wildman–Crippen LogP) is 8.81. The summed E-state index contributed by atoms with van der Waals surface area (Å²) in [6.45, 7) is 12.9. The second-order valence-electron chi connectivity index (χ2n) is 13.1. The molecule has 1 aliphatic rings. The third-order valence-electron chi connectivity index (χ3n) is 9.26. The number of nitrogens with zero attached hydrogens (tertiary/aromatic N) is 1. The normalized spacial score (nSPS) is 19.8. The maximum atomic E-state index is 11.9. The molecular formula is C39H63N3O4. The molecule has 0 unspecified atom stereocenters. The first-order valence-corrected chi connectivity index (χ1v) is 18.3. The van der Waals surface area contributed by atoms with Crippen LogP contribution in [0.2, 0.25) is 0 Å². The maximum Gasteiger partial charge on any atom is 0.315 e. The van der Waals surface area contributed by atoms with Crippen molar-refractivity contribution in [3.63, 3.8) is 0 Å². The first kappa shape index (κ1) is 38.0. The number of hydrogen-bond donors (Lipinski definition) is 3. The van der Waals surface area contributed by atoms with E-state index in [1.807, 2.05) is 31.2 Å². The van der Waals surface area contributed by atoms with Crippen LogP contribution in [0.1, 0.15) is 139 Å². The highest BCUT2D eigenvalue weighted by Crippen LogP contribution is 2.42. The minimum Gasteiger partial charge on any atom is -0.392 e. The first-order valence-electron chi connectivity index (χ1n) is 18.3. The molecule has 1 fully saturated rings. The molecule has 7 heteroatoms. The Balaban J connectivity index is 1.74. The van der Waals surface area contributed by atoms with Crippen molar-refractivity contribution in [3.8, 4) is 0 Å². The van der Waals surface area contributed by atoms with Crippen molar-refractivity contribution in [2.24, 2.45) is 5.92 Å². The molecule has 3 N–H and O–H groups in total. The van der Waals surface area contributed by atoms with Gasteiger partial charge in [-0.15, -0.1) is 0 Å². The zero-order chi connectivity index (χ0) is 33.0. The van der Waals surface area contributed by atoms with E-state index in [9.17, 15) is 9.90 Å². The van der Waals surface area contributed by atoms with Crippen LogP contribution in [-0.4, -0.2) is 48.3 Å². The molecule has 0 spiro atoms. The van der Waals surface area contributed by atoms with E-state index in [2.05, 4.69) is 60.6 Å². The molecule has 0 bridgehead atoms. The SMILES string of the molecule is CCCCCCCCN(CCCCCCCC)C[C@H]1O[C@@H](c2ccc(CNC(=O)NCC)cc2)O[C@@H](c2ccc(CO)cc2)[C@H]1C. The van der Waals surface area contributed by atoms with Gasteiger partial charge < -0.3 is 30.1 Å². The maximum absolute atomic E-state index is 11.9. The number of urea groups is 1. The van der Waals surface area contributed by atoms with Crippen molar-refractivity contribution in [2.45, 2.75) is 136 Å². The summed E-state index contributed by atoms with van der Waals surface area (Å²) in [5.74, 6) is 0.161. The smallest absolute Gasteiger partial charge is 0.315 e. The molecule has 46 heavy (non-hydrogen) atoms. The van der Waals surface area contributed by atoms with Gasteiger partial charge in [-0.05, 0) is 49.5 Å². The zero-order valence-electron chi connectivity index (χ0n) is 29.3. The highest BCUT2D eigenvalue weighted by molar-refractivity contribution is 5.73. The van der Waals surface area contributed by atoms with Crippen LogP contribution in [0.5, 0.6) is 0 Å². The Bertz CT molecular complexity index is 1060. The summed E-state index contributed by atoms with van der Waals surface area (Å²) in [4.78, 5) is 14.5. The molecule has 0 aromatic heterocycles. The predicted molar refractivity (Wildman–Crippen MR) is 189 cm³/mol. The molecule has 2 aromatic rings. The molecule has 0 radical (unpaired) electrons. The largest absolute Gasteiger partial charge is 0.392 e. The van der Waals surface area contributed by atoms with E-state index < -0.39 is 6.29 Å². The van der Waals surface area contributed by atoms with Gasteiger partial charge in [0, 0.05) is 31.1 Å². The summed E-state index contributed by atoms with van der Waals surface area (Å²) in [6, 6.07) is 16.2.